The van der Waals surface area contributed by atoms with E-state index in [0.717, 1.165) is 21.8 Å². The van der Waals surface area contributed by atoms with Crippen molar-refractivity contribution in [3.05, 3.63) is 95.4 Å². The number of urea groups is 1. The minimum atomic E-state index is -0.564. The molecule has 1 atom stereocenters. The summed E-state index contributed by atoms with van der Waals surface area (Å²) in [5, 5.41) is 22.3. The Morgan fingerprint density at radius 3 is 2.63 bits per heavy atom. The number of halogens is 1. The molecule has 0 radical (unpaired) electrons. The lowest BCUT2D eigenvalue weighted by atomic mass is 9.92. The Bertz CT molecular complexity index is 1890. The maximum absolute atomic E-state index is 13.2. The van der Waals surface area contributed by atoms with Gasteiger partial charge in [-0.1, -0.05) is 62.3 Å². The molecule has 49 heavy (non-hydrogen) atoms. The molecule has 3 amide bonds. The minimum Gasteiger partial charge on any atom is -0.506 e. The summed E-state index contributed by atoms with van der Waals surface area (Å²) in [6.45, 7) is 6.75. The van der Waals surface area contributed by atoms with E-state index < -0.39 is 12.1 Å². The van der Waals surface area contributed by atoms with Crippen molar-refractivity contribution in [1.82, 2.24) is 25.5 Å². The number of para-hydroxylation sites is 1. The molecule has 256 valence electrons. The number of carbonyl (C=O) groups excluding carboxylic acids is 2. The van der Waals surface area contributed by atoms with Crippen LogP contribution in [0.3, 0.4) is 0 Å². The van der Waals surface area contributed by atoms with Gasteiger partial charge in [-0.3, -0.25) is 10.3 Å². The molecule has 6 rings (SSSR count). The smallest absolute Gasteiger partial charge is 0.426 e. The molecule has 0 saturated heterocycles. The zero-order valence-corrected chi connectivity index (χ0v) is 28.8. The van der Waals surface area contributed by atoms with Crippen molar-refractivity contribution in [2.75, 3.05) is 30.5 Å². The first kappa shape index (κ1) is 33.8. The summed E-state index contributed by atoms with van der Waals surface area (Å²) < 4.78 is 18.0. The second kappa shape index (κ2) is 14.2. The van der Waals surface area contributed by atoms with Gasteiger partial charge in [0.2, 0.25) is 0 Å². The molecule has 4 aromatic rings. The van der Waals surface area contributed by atoms with Crippen LogP contribution in [-0.2, 0) is 21.4 Å². The van der Waals surface area contributed by atoms with Crippen molar-refractivity contribution in [2.45, 2.75) is 43.1 Å². The van der Waals surface area contributed by atoms with Crippen LogP contribution in [0.1, 0.15) is 32.0 Å². The van der Waals surface area contributed by atoms with Crippen molar-refractivity contribution >= 4 is 47.0 Å². The van der Waals surface area contributed by atoms with Crippen LogP contribution >= 0.6 is 23.4 Å². The number of nitrogens with zero attached hydrogens (tertiary/aromatic N) is 4. The largest absolute Gasteiger partial charge is 0.506 e. The third-order valence-corrected chi connectivity index (χ3v) is 9.15. The number of carbonyl (C=O) groups is 2. The number of aromatic nitrogens is 2. The summed E-state index contributed by atoms with van der Waals surface area (Å²) in [7, 11) is 1.54. The van der Waals surface area contributed by atoms with Gasteiger partial charge in [0.05, 0.1) is 28.7 Å². The summed E-state index contributed by atoms with van der Waals surface area (Å²) in [5.41, 5.74) is 5.29. The van der Waals surface area contributed by atoms with Gasteiger partial charge < -0.3 is 29.5 Å². The molecule has 0 aliphatic carbocycles. The number of thioether (sulfide) groups is 1. The van der Waals surface area contributed by atoms with Gasteiger partial charge in [-0.05, 0) is 36.4 Å². The van der Waals surface area contributed by atoms with E-state index in [1.165, 1.54) is 6.07 Å². The molecule has 2 aliphatic heterocycles. The van der Waals surface area contributed by atoms with Crippen LogP contribution in [0.5, 0.6) is 17.2 Å². The topological polar surface area (TPSA) is 142 Å². The minimum absolute atomic E-state index is 0.0465. The Morgan fingerprint density at radius 1 is 1.04 bits per heavy atom. The Balaban J connectivity index is 1.11. The van der Waals surface area contributed by atoms with Gasteiger partial charge in [0.15, 0.2) is 5.50 Å². The lowest BCUT2D eigenvalue weighted by Gasteiger charge is -2.25. The second-order valence-corrected chi connectivity index (χ2v) is 13.7. The average molecular weight is 706 g/mol. The number of phenolic OH excluding ortho intramolecular Hbond substituents is 1. The van der Waals surface area contributed by atoms with Crippen molar-refractivity contribution in [1.29, 1.82) is 0 Å². The summed E-state index contributed by atoms with van der Waals surface area (Å²) >= 11 is 7.75. The number of amides is 3. The van der Waals surface area contributed by atoms with E-state index in [4.69, 9.17) is 30.9 Å². The summed E-state index contributed by atoms with van der Waals surface area (Å²) in [6.07, 6.45) is 3.09. The number of benzene rings is 3. The average Bonchev–Trinajstić information content (AvgIpc) is 3.77. The van der Waals surface area contributed by atoms with Crippen LogP contribution < -0.4 is 25.7 Å². The Hall–Kier alpha value is -5.05. The monoisotopic (exact) mass is 705 g/mol. The summed E-state index contributed by atoms with van der Waals surface area (Å²) in [4.78, 5) is 28.4. The molecule has 1 aromatic heterocycles. The van der Waals surface area contributed by atoms with Crippen molar-refractivity contribution in [2.24, 2.45) is 0 Å². The number of hydrogen-bond acceptors (Lipinski definition) is 10. The van der Waals surface area contributed by atoms with Gasteiger partial charge in [0.25, 0.3) is 0 Å². The van der Waals surface area contributed by atoms with Crippen LogP contribution in [0, 0.1) is 0 Å². The van der Waals surface area contributed by atoms with Crippen LogP contribution in [0.25, 0.3) is 5.69 Å². The fourth-order valence-corrected chi connectivity index (χ4v) is 6.40. The molecule has 1 unspecified atom stereocenters. The first-order valence-corrected chi connectivity index (χ1v) is 16.6. The number of aromatic hydroxyl groups is 1. The van der Waals surface area contributed by atoms with Crippen LogP contribution in [0.4, 0.5) is 21.1 Å². The molecular formula is C34H36ClN7O6S. The summed E-state index contributed by atoms with van der Waals surface area (Å²) in [6, 6.07) is 19.4. The molecule has 0 spiro atoms. The lowest BCUT2D eigenvalue weighted by molar-refractivity contribution is 0.0850. The molecule has 0 saturated carbocycles. The van der Waals surface area contributed by atoms with E-state index in [0.29, 0.717) is 29.6 Å². The highest BCUT2D eigenvalue weighted by atomic mass is 35.5. The number of fused-ring (bicyclic) bond motifs is 3. The quantitative estimate of drug-likeness (QED) is 0.129. The molecule has 0 fully saturated rings. The molecule has 3 heterocycles. The zero-order valence-electron chi connectivity index (χ0n) is 27.3. The molecule has 13 nitrogen and oxygen atoms in total. The standard InChI is InChI=1S/C34H36ClN7O6S/c1-34(2,3)29-19-30(42(38-29)22-9-11-26(43)24(35)17-22)37-31(44)36-20-21-7-5-6-8-27(21)48-23-10-12-28-25(18-23)40-13-14-41(33(40)49-28)39-32(45)47-16-15-46-4/h5-14,17-19,33,43H,15-16,20H2,1-4H3,(H,39,45)(H2,36,37,44). The Labute approximate surface area is 292 Å². The Kier molecular flexibility index (Phi) is 9.81. The van der Waals surface area contributed by atoms with Crippen molar-refractivity contribution in [3.8, 4) is 22.9 Å². The highest BCUT2D eigenvalue weighted by Crippen LogP contribution is 2.48. The first-order chi connectivity index (χ1) is 23.5. The van der Waals surface area contributed by atoms with Gasteiger partial charge in [-0.25, -0.2) is 19.7 Å². The van der Waals surface area contributed by atoms with E-state index in [-0.39, 0.29) is 34.8 Å². The lowest BCUT2D eigenvalue weighted by Crippen LogP contribution is -2.45. The SMILES string of the molecule is COCCOC(=O)NN1C=CN2c3cc(Oc4ccccc4CNC(=O)Nc4cc(C(C)(C)C)nn4-c4ccc(O)c(Cl)c4)ccc3SC12. The number of anilines is 2. The van der Waals surface area contributed by atoms with Gasteiger partial charge in [-0.15, -0.1) is 0 Å². The number of phenols is 1. The highest BCUT2D eigenvalue weighted by Gasteiger charge is 2.37. The number of ether oxygens (including phenoxy) is 3. The molecule has 15 heteroatoms. The van der Waals surface area contributed by atoms with Crippen molar-refractivity contribution < 1.29 is 28.9 Å². The zero-order chi connectivity index (χ0) is 34.7. The van der Waals surface area contributed by atoms with E-state index in [9.17, 15) is 14.7 Å². The van der Waals surface area contributed by atoms with Gasteiger partial charge in [0.1, 0.15) is 29.7 Å². The first-order valence-electron chi connectivity index (χ1n) is 15.4. The molecule has 4 N–H and O–H groups in total. The van der Waals surface area contributed by atoms with Gasteiger partial charge >= 0.3 is 12.1 Å². The fourth-order valence-electron chi connectivity index (χ4n) is 5.03. The molecule has 3 aromatic carbocycles. The number of rotatable bonds is 10. The van der Waals surface area contributed by atoms with E-state index in [1.54, 1.807) is 46.9 Å². The third kappa shape index (κ3) is 7.66. The molecule has 2 aliphatic rings. The predicted molar refractivity (Wildman–Crippen MR) is 187 cm³/mol. The number of hydrazine groups is 1. The maximum atomic E-state index is 13.2. The van der Waals surface area contributed by atoms with Crippen LogP contribution in [0.2, 0.25) is 5.02 Å². The van der Waals surface area contributed by atoms with Gasteiger partial charge in [0, 0.05) is 54.1 Å². The second-order valence-electron chi connectivity index (χ2n) is 12.2. The van der Waals surface area contributed by atoms with E-state index in [2.05, 4.69) is 16.1 Å². The van der Waals surface area contributed by atoms with Crippen molar-refractivity contribution in [3.63, 3.8) is 0 Å². The van der Waals surface area contributed by atoms with Crippen LogP contribution in [-0.4, -0.2) is 57.8 Å². The number of methoxy groups -OCH3 is 1. The maximum Gasteiger partial charge on any atom is 0.426 e. The summed E-state index contributed by atoms with van der Waals surface area (Å²) in [5.74, 6) is 1.59. The fraction of sp³-hybridized carbons (Fsp3) is 0.265. The number of hydrogen-bond donors (Lipinski definition) is 4. The molecular weight excluding hydrogens is 670 g/mol. The predicted octanol–water partition coefficient (Wildman–Crippen LogP) is 6.91. The normalized spacial score (nSPS) is 14.8. The number of nitrogens with one attached hydrogen (secondary N) is 3. The Morgan fingerprint density at radius 2 is 1.86 bits per heavy atom. The van der Waals surface area contributed by atoms with Crippen LogP contribution in [0.15, 0.2) is 84.0 Å². The van der Waals surface area contributed by atoms with Gasteiger partial charge in [-0.2, -0.15) is 5.10 Å². The van der Waals surface area contributed by atoms with E-state index >= 15 is 0 Å². The third-order valence-electron chi connectivity index (χ3n) is 7.58. The highest BCUT2D eigenvalue weighted by molar-refractivity contribution is 8.00. The van der Waals surface area contributed by atoms with E-state index in [1.807, 2.05) is 80.4 Å². The molecule has 0 bridgehead atoms.